The standard InChI is InChI=1S/C15H17N3O/c1-4-8-12(16)13-17-14(18-19-13)15(2,3)11-9-6-5-7-10-11/h1,5-7,9-10,12H,8,16H2,2-3H3. The van der Waals surface area contributed by atoms with Gasteiger partial charge in [-0.15, -0.1) is 12.3 Å². The number of nitrogens with zero attached hydrogens (tertiary/aromatic N) is 2. The summed E-state index contributed by atoms with van der Waals surface area (Å²) in [6.07, 6.45) is 5.61. The van der Waals surface area contributed by atoms with Gasteiger partial charge in [-0.05, 0) is 19.4 Å². The summed E-state index contributed by atoms with van der Waals surface area (Å²) < 4.78 is 5.21. The normalized spacial score (nSPS) is 12.9. The van der Waals surface area contributed by atoms with Crippen molar-refractivity contribution in [1.29, 1.82) is 0 Å². The van der Waals surface area contributed by atoms with Crippen LogP contribution in [0.5, 0.6) is 0 Å². The van der Waals surface area contributed by atoms with Crippen LogP contribution < -0.4 is 5.73 Å². The van der Waals surface area contributed by atoms with Gasteiger partial charge in [0.1, 0.15) is 0 Å². The van der Waals surface area contributed by atoms with E-state index in [1.54, 1.807) is 0 Å². The molecule has 0 saturated carbocycles. The Morgan fingerprint density at radius 3 is 2.68 bits per heavy atom. The van der Waals surface area contributed by atoms with Gasteiger partial charge < -0.3 is 10.3 Å². The minimum Gasteiger partial charge on any atom is -0.338 e. The van der Waals surface area contributed by atoms with Crippen LogP contribution >= 0.6 is 0 Å². The summed E-state index contributed by atoms with van der Waals surface area (Å²) in [6.45, 7) is 4.09. The number of terminal acetylenes is 1. The molecule has 0 fully saturated rings. The molecule has 0 aliphatic carbocycles. The Hall–Kier alpha value is -2.12. The molecule has 4 heteroatoms. The van der Waals surface area contributed by atoms with Gasteiger partial charge in [-0.25, -0.2) is 0 Å². The lowest BCUT2D eigenvalue weighted by Gasteiger charge is -2.20. The van der Waals surface area contributed by atoms with Crippen LogP contribution in [0.15, 0.2) is 34.9 Å². The van der Waals surface area contributed by atoms with Crippen LogP contribution in [0.1, 0.15) is 43.6 Å². The maximum Gasteiger partial charge on any atom is 0.244 e. The minimum absolute atomic E-state index is 0.334. The van der Waals surface area contributed by atoms with Crippen molar-refractivity contribution in [3.63, 3.8) is 0 Å². The van der Waals surface area contributed by atoms with Crippen LogP contribution in [-0.2, 0) is 5.41 Å². The molecular weight excluding hydrogens is 238 g/mol. The molecule has 0 bridgehead atoms. The average Bonchev–Trinajstić information content (AvgIpc) is 2.90. The Balaban J connectivity index is 2.30. The SMILES string of the molecule is C#CCC(N)c1nc(C(C)(C)c2ccccc2)no1. The van der Waals surface area contributed by atoms with Crippen molar-refractivity contribution in [3.8, 4) is 12.3 Å². The molecule has 0 spiro atoms. The lowest BCUT2D eigenvalue weighted by atomic mass is 9.84. The molecule has 98 valence electrons. The van der Waals surface area contributed by atoms with Gasteiger partial charge in [0.2, 0.25) is 5.89 Å². The third kappa shape index (κ3) is 2.67. The fourth-order valence-electron chi connectivity index (χ4n) is 1.84. The molecular formula is C15H17N3O. The molecule has 0 saturated heterocycles. The number of hydrogen-bond donors (Lipinski definition) is 1. The minimum atomic E-state index is -0.405. The van der Waals surface area contributed by atoms with E-state index in [0.29, 0.717) is 18.1 Å². The number of rotatable bonds is 4. The molecule has 1 atom stereocenters. The number of nitrogens with two attached hydrogens (primary N) is 1. The first-order valence-corrected chi connectivity index (χ1v) is 6.14. The third-order valence-corrected chi connectivity index (χ3v) is 3.15. The Morgan fingerprint density at radius 1 is 1.37 bits per heavy atom. The van der Waals surface area contributed by atoms with E-state index in [2.05, 4.69) is 16.1 Å². The molecule has 19 heavy (non-hydrogen) atoms. The highest BCUT2D eigenvalue weighted by Gasteiger charge is 2.29. The summed E-state index contributed by atoms with van der Waals surface area (Å²) in [6, 6.07) is 9.63. The van der Waals surface area contributed by atoms with E-state index in [4.69, 9.17) is 16.7 Å². The first kappa shape index (κ1) is 13.3. The predicted octanol–water partition coefficient (Wildman–Crippen LogP) is 2.42. The second-order valence-electron chi connectivity index (χ2n) is 4.96. The summed E-state index contributed by atoms with van der Waals surface area (Å²) in [7, 11) is 0. The van der Waals surface area contributed by atoms with Gasteiger partial charge in [0, 0.05) is 6.42 Å². The first-order chi connectivity index (χ1) is 9.05. The van der Waals surface area contributed by atoms with Gasteiger partial charge in [-0.3, -0.25) is 0 Å². The lowest BCUT2D eigenvalue weighted by molar-refractivity contribution is 0.347. The molecule has 1 unspecified atom stereocenters. The zero-order valence-electron chi connectivity index (χ0n) is 11.1. The smallest absolute Gasteiger partial charge is 0.244 e. The second-order valence-corrected chi connectivity index (χ2v) is 4.96. The van der Waals surface area contributed by atoms with Gasteiger partial charge in [0.15, 0.2) is 5.82 Å². The number of benzene rings is 1. The topological polar surface area (TPSA) is 64.9 Å². The zero-order chi connectivity index (χ0) is 13.9. The first-order valence-electron chi connectivity index (χ1n) is 6.14. The van der Waals surface area contributed by atoms with Crippen LogP contribution in [0.2, 0.25) is 0 Å². The molecule has 0 radical (unpaired) electrons. The molecule has 1 heterocycles. The van der Waals surface area contributed by atoms with E-state index >= 15 is 0 Å². The molecule has 2 aromatic rings. The van der Waals surface area contributed by atoms with E-state index in [-0.39, 0.29) is 5.41 Å². The molecule has 4 nitrogen and oxygen atoms in total. The predicted molar refractivity (Wildman–Crippen MR) is 73.2 cm³/mol. The van der Waals surface area contributed by atoms with Gasteiger partial charge in [0.05, 0.1) is 11.5 Å². The van der Waals surface area contributed by atoms with Crippen LogP contribution in [0.25, 0.3) is 0 Å². The lowest BCUT2D eigenvalue weighted by Crippen LogP contribution is -2.21. The maximum absolute atomic E-state index is 5.86. The van der Waals surface area contributed by atoms with Crippen molar-refractivity contribution >= 4 is 0 Å². The van der Waals surface area contributed by atoms with Crippen molar-refractivity contribution in [2.24, 2.45) is 5.73 Å². The van der Waals surface area contributed by atoms with Crippen LogP contribution in [0.3, 0.4) is 0 Å². The van der Waals surface area contributed by atoms with Crippen molar-refractivity contribution in [2.75, 3.05) is 0 Å². The van der Waals surface area contributed by atoms with E-state index in [1.807, 2.05) is 44.2 Å². The van der Waals surface area contributed by atoms with E-state index in [9.17, 15) is 0 Å². The van der Waals surface area contributed by atoms with Gasteiger partial charge in [0.25, 0.3) is 0 Å². The van der Waals surface area contributed by atoms with E-state index in [0.717, 1.165) is 5.56 Å². The van der Waals surface area contributed by atoms with Crippen molar-refractivity contribution in [2.45, 2.75) is 31.7 Å². The zero-order valence-corrected chi connectivity index (χ0v) is 11.1. The monoisotopic (exact) mass is 255 g/mol. The molecule has 0 amide bonds. The van der Waals surface area contributed by atoms with Crippen LogP contribution in [0.4, 0.5) is 0 Å². The quantitative estimate of drug-likeness (QED) is 0.852. The Bertz CT molecular complexity index is 581. The molecule has 0 aliphatic rings. The molecule has 1 aromatic heterocycles. The van der Waals surface area contributed by atoms with E-state index < -0.39 is 6.04 Å². The Morgan fingerprint density at radius 2 is 2.05 bits per heavy atom. The number of hydrogen-bond acceptors (Lipinski definition) is 4. The summed E-state index contributed by atoms with van der Waals surface area (Å²) in [5, 5.41) is 4.03. The molecule has 2 N–H and O–H groups in total. The summed E-state index contributed by atoms with van der Waals surface area (Å²) in [5.74, 6) is 3.49. The fourth-order valence-corrected chi connectivity index (χ4v) is 1.84. The Kier molecular flexibility index (Phi) is 3.68. The van der Waals surface area contributed by atoms with Crippen molar-refractivity contribution in [1.82, 2.24) is 10.1 Å². The van der Waals surface area contributed by atoms with E-state index in [1.165, 1.54) is 0 Å². The average molecular weight is 255 g/mol. The largest absolute Gasteiger partial charge is 0.338 e. The summed E-state index contributed by atoms with van der Waals surface area (Å²) in [5.41, 5.74) is 6.65. The highest BCUT2D eigenvalue weighted by atomic mass is 16.5. The maximum atomic E-state index is 5.86. The van der Waals surface area contributed by atoms with Gasteiger partial charge in [-0.1, -0.05) is 35.5 Å². The molecule has 0 aliphatic heterocycles. The highest BCUT2D eigenvalue weighted by Crippen LogP contribution is 2.29. The second kappa shape index (κ2) is 5.25. The van der Waals surface area contributed by atoms with Gasteiger partial charge in [-0.2, -0.15) is 4.98 Å². The molecule has 1 aromatic carbocycles. The fraction of sp³-hybridized carbons (Fsp3) is 0.333. The Labute approximate surface area is 113 Å². The molecule has 2 rings (SSSR count). The van der Waals surface area contributed by atoms with Crippen LogP contribution in [0, 0.1) is 12.3 Å². The van der Waals surface area contributed by atoms with Gasteiger partial charge >= 0.3 is 0 Å². The number of aromatic nitrogens is 2. The third-order valence-electron chi connectivity index (χ3n) is 3.15. The highest BCUT2D eigenvalue weighted by molar-refractivity contribution is 5.30. The summed E-state index contributed by atoms with van der Waals surface area (Å²) >= 11 is 0. The van der Waals surface area contributed by atoms with Crippen molar-refractivity contribution < 1.29 is 4.52 Å². The van der Waals surface area contributed by atoms with Crippen LogP contribution in [-0.4, -0.2) is 10.1 Å². The van der Waals surface area contributed by atoms with Crippen molar-refractivity contribution in [3.05, 3.63) is 47.6 Å². The summed E-state index contributed by atoms with van der Waals surface area (Å²) in [4.78, 5) is 4.38.